The molecule has 1 saturated heterocycles. The predicted molar refractivity (Wildman–Crippen MR) is 128 cm³/mol. The number of ether oxygens (including phenoxy) is 2. The van der Waals surface area contributed by atoms with Gasteiger partial charge < -0.3 is 9.47 Å². The summed E-state index contributed by atoms with van der Waals surface area (Å²) in [7, 11) is 0. The number of amides is 1. The normalized spacial score (nSPS) is 15.3. The molecular weight excluding hydrogens is 457 g/mol. The lowest BCUT2D eigenvalue weighted by Crippen LogP contribution is -2.31. The van der Waals surface area contributed by atoms with E-state index in [-0.39, 0.29) is 18.3 Å². The van der Waals surface area contributed by atoms with Gasteiger partial charge in [0.1, 0.15) is 16.7 Å². The number of benzene rings is 2. The van der Waals surface area contributed by atoms with Gasteiger partial charge in [-0.2, -0.15) is 0 Å². The minimum Gasteiger partial charge on any atom is -0.490 e. The number of hydrogen-bond acceptors (Lipinski definition) is 5. The molecule has 2 aromatic rings. The van der Waals surface area contributed by atoms with Gasteiger partial charge in [-0.25, -0.2) is 4.39 Å². The quantitative estimate of drug-likeness (QED) is 0.327. The maximum atomic E-state index is 13.4. The Labute approximate surface area is 196 Å². The zero-order chi connectivity index (χ0) is 22.5. The molecule has 0 N–H and O–H groups in total. The van der Waals surface area contributed by atoms with E-state index in [2.05, 4.69) is 0 Å². The maximum Gasteiger partial charge on any atom is 0.266 e. The zero-order valence-corrected chi connectivity index (χ0v) is 19.9. The van der Waals surface area contributed by atoms with Crippen LogP contribution in [0.3, 0.4) is 0 Å². The molecule has 0 saturated carbocycles. The smallest absolute Gasteiger partial charge is 0.266 e. The molecule has 0 radical (unpaired) electrons. The Hall–Kier alpha value is -2.09. The number of nitrogens with zero attached hydrogens (tertiary/aromatic N) is 1. The van der Waals surface area contributed by atoms with Crippen LogP contribution in [0.4, 0.5) is 4.39 Å². The minimum absolute atomic E-state index is 0.107. The van der Waals surface area contributed by atoms with Crippen molar-refractivity contribution >= 4 is 51.9 Å². The van der Waals surface area contributed by atoms with E-state index >= 15 is 0 Å². The summed E-state index contributed by atoms with van der Waals surface area (Å²) < 4.78 is 25.5. The third-order valence-electron chi connectivity index (χ3n) is 4.32. The third kappa shape index (κ3) is 5.99. The Morgan fingerprint density at radius 3 is 2.71 bits per heavy atom. The molecule has 1 aliphatic rings. The summed E-state index contributed by atoms with van der Waals surface area (Å²) in [5.41, 5.74) is 1.38. The highest BCUT2D eigenvalue weighted by atomic mass is 35.5. The molecule has 3 rings (SSSR count). The van der Waals surface area contributed by atoms with E-state index in [9.17, 15) is 9.18 Å². The van der Waals surface area contributed by atoms with Crippen molar-refractivity contribution < 1.29 is 18.7 Å². The van der Waals surface area contributed by atoms with Gasteiger partial charge in [0, 0.05) is 6.54 Å². The first-order valence-electron chi connectivity index (χ1n) is 9.87. The third-order valence-corrected chi connectivity index (χ3v) is 5.98. The molecule has 1 heterocycles. The van der Waals surface area contributed by atoms with Gasteiger partial charge in [-0.3, -0.25) is 9.69 Å². The number of carbonyl (C=O) groups is 1. The lowest BCUT2D eigenvalue weighted by molar-refractivity contribution is -0.122. The molecule has 8 heteroatoms. The van der Waals surface area contributed by atoms with E-state index in [0.29, 0.717) is 55.9 Å². The summed E-state index contributed by atoms with van der Waals surface area (Å²) in [5.74, 6) is 0.703. The summed E-state index contributed by atoms with van der Waals surface area (Å²) in [6, 6.07) is 9.65. The molecular formula is C23H23ClFNO3S2. The van der Waals surface area contributed by atoms with E-state index in [4.69, 9.17) is 33.3 Å². The summed E-state index contributed by atoms with van der Waals surface area (Å²) in [6.07, 6.45) is 1.75. The number of carbonyl (C=O) groups excluding carboxylic acids is 1. The van der Waals surface area contributed by atoms with Crippen molar-refractivity contribution in [2.45, 2.75) is 27.4 Å². The Balaban J connectivity index is 1.85. The van der Waals surface area contributed by atoms with Crippen LogP contribution in [0.2, 0.25) is 5.02 Å². The number of thiocarbonyl (C=S) groups is 1. The molecule has 0 bridgehead atoms. The lowest BCUT2D eigenvalue weighted by Gasteiger charge is -2.16. The van der Waals surface area contributed by atoms with Crippen LogP contribution in [0.1, 0.15) is 31.9 Å². The van der Waals surface area contributed by atoms with Crippen molar-refractivity contribution in [1.82, 2.24) is 4.90 Å². The Kier molecular flexibility index (Phi) is 7.97. The van der Waals surface area contributed by atoms with Crippen molar-refractivity contribution in [2.75, 3.05) is 13.2 Å². The molecule has 0 aromatic heterocycles. The molecule has 0 aliphatic carbocycles. The van der Waals surface area contributed by atoms with E-state index < -0.39 is 0 Å². The van der Waals surface area contributed by atoms with Gasteiger partial charge in [0.2, 0.25) is 0 Å². The molecule has 31 heavy (non-hydrogen) atoms. The summed E-state index contributed by atoms with van der Waals surface area (Å²) in [6.45, 7) is 7.07. The molecule has 1 amide bonds. The van der Waals surface area contributed by atoms with Crippen molar-refractivity contribution in [2.24, 2.45) is 5.92 Å². The average molecular weight is 480 g/mol. The molecule has 0 atom stereocenters. The second kappa shape index (κ2) is 10.5. The lowest BCUT2D eigenvalue weighted by atomic mass is 10.1. The fourth-order valence-corrected chi connectivity index (χ4v) is 4.58. The SMILES string of the molecule is CCOc1cc(/C=C2\SC(=S)N(CC(C)C)C2=O)cc(Cl)c1OCc1cccc(F)c1. The molecule has 1 fully saturated rings. The highest BCUT2D eigenvalue weighted by Crippen LogP contribution is 2.39. The summed E-state index contributed by atoms with van der Waals surface area (Å²) in [4.78, 5) is 14.9. The van der Waals surface area contributed by atoms with Crippen molar-refractivity contribution in [1.29, 1.82) is 0 Å². The topological polar surface area (TPSA) is 38.8 Å². The largest absolute Gasteiger partial charge is 0.490 e. The second-order valence-electron chi connectivity index (χ2n) is 7.37. The van der Waals surface area contributed by atoms with E-state index in [1.54, 1.807) is 35.2 Å². The Morgan fingerprint density at radius 1 is 1.26 bits per heavy atom. The molecule has 4 nitrogen and oxygen atoms in total. The average Bonchev–Trinajstić information content (AvgIpc) is 2.94. The van der Waals surface area contributed by atoms with Crippen LogP contribution in [0.5, 0.6) is 11.5 Å². The van der Waals surface area contributed by atoms with Crippen LogP contribution in [0.25, 0.3) is 6.08 Å². The second-order valence-corrected chi connectivity index (χ2v) is 9.45. The van der Waals surface area contributed by atoms with E-state index in [1.807, 2.05) is 20.8 Å². The van der Waals surface area contributed by atoms with Gasteiger partial charge in [-0.05, 0) is 54.3 Å². The number of hydrogen-bond donors (Lipinski definition) is 0. The van der Waals surface area contributed by atoms with Crippen LogP contribution in [-0.4, -0.2) is 28.3 Å². The Bertz CT molecular complexity index is 1030. The van der Waals surface area contributed by atoms with Crippen molar-refractivity contribution in [3.63, 3.8) is 0 Å². The fourth-order valence-electron chi connectivity index (χ4n) is 3.03. The van der Waals surface area contributed by atoms with Crippen molar-refractivity contribution in [3.8, 4) is 11.5 Å². The molecule has 164 valence electrons. The minimum atomic E-state index is -0.331. The van der Waals surface area contributed by atoms with Gasteiger partial charge in [0.25, 0.3) is 5.91 Å². The monoisotopic (exact) mass is 479 g/mol. The van der Waals surface area contributed by atoms with E-state index in [1.165, 1.54) is 23.9 Å². The predicted octanol–water partition coefficient (Wildman–Crippen LogP) is 6.31. The van der Waals surface area contributed by atoms with Gasteiger partial charge in [0.15, 0.2) is 11.5 Å². The zero-order valence-electron chi connectivity index (χ0n) is 17.5. The first kappa shape index (κ1) is 23.6. The first-order valence-corrected chi connectivity index (χ1v) is 11.5. The standard InChI is InChI=1S/C23H23ClFNO3S2/c1-4-28-19-10-16(11-20-22(27)26(12-14(2)3)23(30)31-20)9-18(24)21(19)29-13-15-6-5-7-17(25)8-15/h5-11,14H,4,12-13H2,1-3H3/b20-11-. The summed E-state index contributed by atoms with van der Waals surface area (Å²) >= 11 is 13.1. The van der Waals surface area contributed by atoms with Crippen LogP contribution in [0.15, 0.2) is 41.3 Å². The number of halogens is 2. The molecule has 2 aromatic carbocycles. The van der Waals surface area contributed by atoms with Gasteiger partial charge in [0.05, 0.1) is 16.5 Å². The maximum absolute atomic E-state index is 13.4. The number of thioether (sulfide) groups is 1. The van der Waals surface area contributed by atoms with Gasteiger partial charge >= 0.3 is 0 Å². The van der Waals surface area contributed by atoms with Crippen LogP contribution >= 0.6 is 35.6 Å². The summed E-state index contributed by atoms with van der Waals surface area (Å²) in [5, 5.41) is 0.339. The Morgan fingerprint density at radius 2 is 2.03 bits per heavy atom. The fraction of sp³-hybridized carbons (Fsp3) is 0.304. The van der Waals surface area contributed by atoms with Crippen LogP contribution in [-0.2, 0) is 11.4 Å². The van der Waals surface area contributed by atoms with Gasteiger partial charge in [-0.1, -0.05) is 61.6 Å². The highest BCUT2D eigenvalue weighted by molar-refractivity contribution is 8.26. The molecule has 1 aliphatic heterocycles. The first-order chi connectivity index (χ1) is 14.8. The van der Waals surface area contributed by atoms with Crippen LogP contribution < -0.4 is 9.47 Å². The van der Waals surface area contributed by atoms with Crippen LogP contribution in [0, 0.1) is 11.7 Å². The van der Waals surface area contributed by atoms with E-state index in [0.717, 1.165) is 0 Å². The van der Waals surface area contributed by atoms with Crippen molar-refractivity contribution in [3.05, 3.63) is 63.3 Å². The highest BCUT2D eigenvalue weighted by Gasteiger charge is 2.32. The molecule has 0 spiro atoms. The molecule has 0 unspecified atom stereocenters. The van der Waals surface area contributed by atoms with Gasteiger partial charge in [-0.15, -0.1) is 0 Å². The number of rotatable bonds is 8.